The number of benzene rings is 1. The first kappa shape index (κ1) is 30.9. The first-order valence-corrected chi connectivity index (χ1v) is 13.2. The number of carbonyl (C=O) groups excluding carboxylic acids is 2. The predicted molar refractivity (Wildman–Crippen MR) is 141 cm³/mol. The van der Waals surface area contributed by atoms with Gasteiger partial charge in [-0.15, -0.1) is 0 Å². The number of rotatable bonds is 9. The van der Waals surface area contributed by atoms with Crippen molar-refractivity contribution in [3.05, 3.63) is 34.3 Å². The Labute approximate surface area is 225 Å². The summed E-state index contributed by atoms with van der Waals surface area (Å²) in [5, 5.41) is 0.466. The van der Waals surface area contributed by atoms with Crippen molar-refractivity contribution in [1.29, 1.82) is 0 Å². The van der Waals surface area contributed by atoms with Crippen LogP contribution in [0.1, 0.15) is 72.4 Å². The molecule has 1 amide bonds. The maximum absolute atomic E-state index is 13.5. The Morgan fingerprint density at radius 2 is 1.54 bits per heavy atom. The van der Waals surface area contributed by atoms with Crippen LogP contribution in [0.15, 0.2) is 18.2 Å². The average Bonchev–Trinajstić information content (AvgIpc) is 2.82. The van der Waals surface area contributed by atoms with Crippen LogP contribution in [0.25, 0.3) is 0 Å². The van der Waals surface area contributed by atoms with Gasteiger partial charge in [-0.2, -0.15) is 0 Å². The van der Waals surface area contributed by atoms with E-state index in [1.54, 1.807) is 30.0 Å². The minimum atomic E-state index is -1.55. The number of esters is 1. The fraction of sp³-hybridized carbons (Fsp3) is 0.643. The first-order valence-electron chi connectivity index (χ1n) is 12.9. The van der Waals surface area contributed by atoms with Gasteiger partial charge in [-0.25, -0.2) is 4.79 Å². The quantitative estimate of drug-likeness (QED) is 0.240. The van der Waals surface area contributed by atoms with Crippen LogP contribution in [-0.2, 0) is 33.9 Å². The SMILES string of the molecule is CCOC(=O)C1(c2ccc(Cl)cc2C#CC(OCC)(OCC)OCC)CCN(C(=O)OC(C)(C)C)CC1. The highest BCUT2D eigenvalue weighted by atomic mass is 35.5. The zero-order chi connectivity index (χ0) is 27.7. The molecule has 1 aromatic carbocycles. The van der Waals surface area contributed by atoms with Crippen LogP contribution in [0.3, 0.4) is 0 Å². The lowest BCUT2D eigenvalue weighted by Gasteiger charge is -2.41. The van der Waals surface area contributed by atoms with Crippen molar-refractivity contribution < 1.29 is 33.3 Å². The van der Waals surface area contributed by atoms with Gasteiger partial charge >= 0.3 is 18.0 Å². The fourth-order valence-corrected chi connectivity index (χ4v) is 4.41. The normalized spacial score (nSPS) is 15.5. The molecule has 37 heavy (non-hydrogen) atoms. The number of piperidine rings is 1. The van der Waals surface area contributed by atoms with Crippen LogP contribution >= 0.6 is 11.6 Å². The van der Waals surface area contributed by atoms with E-state index >= 15 is 0 Å². The molecule has 0 radical (unpaired) electrons. The van der Waals surface area contributed by atoms with Crippen LogP contribution in [0.5, 0.6) is 0 Å². The highest BCUT2D eigenvalue weighted by molar-refractivity contribution is 6.30. The van der Waals surface area contributed by atoms with Crippen LogP contribution in [0.4, 0.5) is 4.79 Å². The van der Waals surface area contributed by atoms with Crippen molar-refractivity contribution >= 4 is 23.7 Å². The molecule has 1 saturated heterocycles. The van der Waals surface area contributed by atoms with E-state index in [1.807, 2.05) is 41.5 Å². The molecule has 0 N–H and O–H groups in total. The number of amides is 1. The summed E-state index contributed by atoms with van der Waals surface area (Å²) in [4.78, 5) is 27.8. The Hall–Kier alpha value is -2.31. The van der Waals surface area contributed by atoms with Crippen molar-refractivity contribution in [1.82, 2.24) is 4.90 Å². The summed E-state index contributed by atoms with van der Waals surface area (Å²) in [5.74, 6) is 4.19. The highest BCUT2D eigenvalue weighted by Crippen LogP contribution is 2.40. The predicted octanol–water partition coefficient (Wildman–Crippen LogP) is 5.29. The molecule has 2 rings (SSSR count). The molecule has 0 aromatic heterocycles. The summed E-state index contributed by atoms with van der Waals surface area (Å²) in [6.07, 6.45) is 0.278. The van der Waals surface area contributed by atoms with Crippen molar-refractivity contribution in [2.75, 3.05) is 39.5 Å². The van der Waals surface area contributed by atoms with Crippen molar-refractivity contribution in [2.45, 2.75) is 78.3 Å². The second-order valence-corrected chi connectivity index (χ2v) is 10.0. The Bertz CT molecular complexity index is 967. The Kier molecular flexibility index (Phi) is 11.3. The van der Waals surface area contributed by atoms with E-state index in [0.29, 0.717) is 61.9 Å². The molecule has 9 heteroatoms. The number of ether oxygens (including phenoxy) is 5. The maximum atomic E-state index is 13.5. The van der Waals surface area contributed by atoms with E-state index in [1.165, 1.54) is 0 Å². The molecule has 206 valence electrons. The summed E-state index contributed by atoms with van der Waals surface area (Å²) < 4.78 is 28.3. The minimum Gasteiger partial charge on any atom is -0.465 e. The van der Waals surface area contributed by atoms with Gasteiger partial charge in [0.25, 0.3) is 0 Å². The van der Waals surface area contributed by atoms with Gasteiger partial charge in [0, 0.05) is 23.7 Å². The number of carbonyl (C=O) groups is 2. The number of halogens is 1. The lowest BCUT2D eigenvalue weighted by molar-refractivity contribution is -0.339. The molecular formula is C28H40ClNO7. The zero-order valence-electron chi connectivity index (χ0n) is 23.1. The lowest BCUT2D eigenvalue weighted by atomic mass is 9.71. The van der Waals surface area contributed by atoms with Crippen LogP contribution < -0.4 is 0 Å². The van der Waals surface area contributed by atoms with E-state index in [4.69, 9.17) is 35.3 Å². The Morgan fingerprint density at radius 3 is 2.03 bits per heavy atom. The Balaban J connectivity index is 2.54. The van der Waals surface area contributed by atoms with Gasteiger partial charge in [0.1, 0.15) is 5.60 Å². The zero-order valence-corrected chi connectivity index (χ0v) is 23.8. The second kappa shape index (κ2) is 13.5. The van der Waals surface area contributed by atoms with Gasteiger partial charge in [-0.1, -0.05) is 23.6 Å². The molecule has 1 fully saturated rings. The summed E-state index contributed by atoms with van der Waals surface area (Å²) in [6.45, 7) is 14.6. The van der Waals surface area contributed by atoms with Gasteiger partial charge in [0.05, 0.1) is 31.8 Å². The molecule has 1 aliphatic rings. The largest absolute Gasteiger partial charge is 0.465 e. The standard InChI is InChI=1S/C28H40ClNO7/c1-8-33-24(31)27(16-18-30(19-17-27)25(32)37-26(5,6)7)23-13-12-22(29)20-21(23)14-15-28(34-9-2,35-10-3)36-11-4/h12-13,20H,8-11,16-19H2,1-7H3. The molecule has 0 bridgehead atoms. The van der Waals surface area contributed by atoms with E-state index in [0.717, 1.165) is 0 Å². The molecule has 0 atom stereocenters. The third-order valence-corrected chi connectivity index (χ3v) is 6.02. The topological polar surface area (TPSA) is 83.5 Å². The van der Waals surface area contributed by atoms with Crippen molar-refractivity contribution in [2.24, 2.45) is 0 Å². The van der Waals surface area contributed by atoms with Crippen LogP contribution in [-0.4, -0.2) is 68.1 Å². The second-order valence-electron chi connectivity index (χ2n) is 9.57. The third-order valence-electron chi connectivity index (χ3n) is 5.79. The number of nitrogens with zero attached hydrogens (tertiary/aromatic N) is 1. The van der Waals surface area contributed by atoms with E-state index in [2.05, 4.69) is 11.8 Å². The number of hydrogen-bond donors (Lipinski definition) is 0. The molecule has 1 heterocycles. The first-order chi connectivity index (χ1) is 17.5. The van der Waals surface area contributed by atoms with Gasteiger partial charge in [0.2, 0.25) is 0 Å². The highest BCUT2D eigenvalue weighted by Gasteiger charge is 2.47. The minimum absolute atomic E-state index is 0.229. The lowest BCUT2D eigenvalue weighted by Crippen LogP contribution is -2.51. The monoisotopic (exact) mass is 537 g/mol. The molecule has 0 saturated carbocycles. The van der Waals surface area contributed by atoms with Crippen molar-refractivity contribution in [3.8, 4) is 11.8 Å². The average molecular weight is 538 g/mol. The number of likely N-dealkylation sites (tertiary alicyclic amines) is 1. The van der Waals surface area contributed by atoms with Crippen LogP contribution in [0, 0.1) is 11.8 Å². The maximum Gasteiger partial charge on any atom is 0.410 e. The molecule has 0 spiro atoms. The molecular weight excluding hydrogens is 498 g/mol. The smallest absolute Gasteiger partial charge is 0.410 e. The van der Waals surface area contributed by atoms with Crippen LogP contribution in [0.2, 0.25) is 5.02 Å². The molecule has 8 nitrogen and oxygen atoms in total. The summed E-state index contributed by atoms with van der Waals surface area (Å²) in [6, 6.07) is 5.24. The summed E-state index contributed by atoms with van der Waals surface area (Å²) >= 11 is 6.35. The van der Waals surface area contributed by atoms with Gasteiger partial charge in [0.15, 0.2) is 0 Å². The molecule has 0 aliphatic carbocycles. The van der Waals surface area contributed by atoms with Gasteiger partial charge in [-0.3, -0.25) is 4.79 Å². The third kappa shape index (κ3) is 8.08. The molecule has 1 aliphatic heterocycles. The molecule has 1 aromatic rings. The van der Waals surface area contributed by atoms with Crippen molar-refractivity contribution in [3.63, 3.8) is 0 Å². The molecule has 0 unspecified atom stereocenters. The number of hydrogen-bond acceptors (Lipinski definition) is 7. The van der Waals surface area contributed by atoms with Gasteiger partial charge < -0.3 is 28.6 Å². The van der Waals surface area contributed by atoms with E-state index < -0.39 is 23.1 Å². The van der Waals surface area contributed by atoms with E-state index in [9.17, 15) is 9.59 Å². The Morgan fingerprint density at radius 1 is 0.973 bits per heavy atom. The van der Waals surface area contributed by atoms with Gasteiger partial charge in [-0.05, 0) is 84.9 Å². The summed E-state index contributed by atoms with van der Waals surface area (Å²) in [5.41, 5.74) is -0.422. The summed E-state index contributed by atoms with van der Waals surface area (Å²) in [7, 11) is 0. The van der Waals surface area contributed by atoms with E-state index in [-0.39, 0.29) is 12.6 Å². The fourth-order valence-electron chi connectivity index (χ4n) is 4.23.